The number of hydrogen-bond donors (Lipinski definition) is 2. The molecule has 0 unspecified atom stereocenters. The number of carboxylic acid groups (broad SMARTS) is 2. The van der Waals surface area contributed by atoms with Gasteiger partial charge in [0.15, 0.2) is 6.20 Å². The van der Waals surface area contributed by atoms with E-state index in [1.165, 1.54) is 12.3 Å². The summed E-state index contributed by atoms with van der Waals surface area (Å²) in [5.74, 6) is -2.51. The van der Waals surface area contributed by atoms with Gasteiger partial charge in [-0.15, -0.1) is 0 Å². The van der Waals surface area contributed by atoms with E-state index in [2.05, 4.69) is 4.98 Å². The minimum atomic E-state index is -1.75. The van der Waals surface area contributed by atoms with Gasteiger partial charge in [-0.3, -0.25) is 0 Å². The molecule has 0 spiro atoms. The predicted octanol–water partition coefficient (Wildman–Crippen LogP) is 0.220. The van der Waals surface area contributed by atoms with E-state index in [0.29, 0.717) is 6.42 Å². The van der Waals surface area contributed by atoms with Crippen molar-refractivity contribution < 1.29 is 29.9 Å². The van der Waals surface area contributed by atoms with E-state index in [0.717, 1.165) is 5.56 Å². The molecule has 0 atom stereocenters. The van der Waals surface area contributed by atoms with Crippen LogP contribution in [0.4, 0.5) is 0 Å². The second kappa shape index (κ2) is 6.78. The maximum atomic E-state index is 10.7. The molecule has 9 nitrogen and oxygen atoms in total. The molecule has 0 bridgehead atoms. The van der Waals surface area contributed by atoms with Crippen LogP contribution in [-0.4, -0.2) is 27.2 Å². The summed E-state index contributed by atoms with van der Waals surface area (Å²) < 4.78 is 0. The van der Waals surface area contributed by atoms with Crippen molar-refractivity contribution in [1.82, 2.24) is 0 Å². The standard InChI is InChI=1S/C9H9NO4.NO3/c1-2-5-3-6(8(11)12)7(9(13)14)10-4-5;2-1(3)4/h3-4H,2H2,1H3,(H,11,12)(H,13,14);/q;-1/p+1. The van der Waals surface area contributed by atoms with Crippen molar-refractivity contribution >= 4 is 11.9 Å². The summed E-state index contributed by atoms with van der Waals surface area (Å²) in [5, 5.41) is 32.2. The highest BCUT2D eigenvalue weighted by Gasteiger charge is 2.23. The zero-order chi connectivity index (χ0) is 14.3. The van der Waals surface area contributed by atoms with Crippen molar-refractivity contribution in [2.45, 2.75) is 13.3 Å². The minimum Gasteiger partial charge on any atom is -0.477 e. The lowest BCUT2D eigenvalue weighted by atomic mass is 10.1. The first-order valence-corrected chi connectivity index (χ1v) is 4.62. The molecule has 0 fully saturated rings. The molecule has 0 aliphatic carbocycles. The number of aromatic nitrogens is 1. The molecule has 9 heteroatoms. The zero-order valence-electron chi connectivity index (χ0n) is 9.24. The number of hydrogen-bond acceptors (Lipinski definition) is 5. The van der Waals surface area contributed by atoms with Crippen LogP contribution in [0.25, 0.3) is 0 Å². The largest absolute Gasteiger partial charge is 0.477 e. The van der Waals surface area contributed by atoms with Gasteiger partial charge in [-0.1, -0.05) is 6.92 Å². The van der Waals surface area contributed by atoms with E-state index < -0.39 is 17.0 Å². The van der Waals surface area contributed by atoms with Gasteiger partial charge in [-0.25, -0.2) is 14.6 Å². The molecule has 3 N–H and O–H groups in total. The van der Waals surface area contributed by atoms with Gasteiger partial charge in [-0.2, -0.15) is 0 Å². The smallest absolute Gasteiger partial charge is 0.402 e. The molecule has 0 aromatic carbocycles. The van der Waals surface area contributed by atoms with Crippen LogP contribution in [0.2, 0.25) is 0 Å². The van der Waals surface area contributed by atoms with Crippen LogP contribution in [0.1, 0.15) is 33.3 Å². The first-order chi connectivity index (χ1) is 8.29. The number of carboxylic acids is 2. The summed E-state index contributed by atoms with van der Waals surface area (Å²) in [6.07, 6.45) is 2.15. The number of carbonyl (C=O) groups is 2. The lowest BCUT2D eigenvalue weighted by Crippen LogP contribution is -2.22. The quantitative estimate of drug-likeness (QED) is 0.580. The Morgan fingerprint density at radius 1 is 1.33 bits per heavy atom. The molecule has 1 rings (SSSR count). The zero-order valence-corrected chi connectivity index (χ0v) is 9.24. The third kappa shape index (κ3) is 4.88. The fraction of sp³-hybridized carbons (Fsp3) is 0.222. The van der Waals surface area contributed by atoms with Crippen molar-refractivity contribution in [3.8, 4) is 0 Å². The van der Waals surface area contributed by atoms with E-state index >= 15 is 0 Å². The van der Waals surface area contributed by atoms with Gasteiger partial charge in [0.2, 0.25) is 0 Å². The summed E-state index contributed by atoms with van der Waals surface area (Å²) in [6.45, 7) is 1.86. The Balaban J connectivity index is 0.000000631. The monoisotopic (exact) mass is 258 g/mol. The molecular weight excluding hydrogens is 248 g/mol. The second-order valence-electron chi connectivity index (χ2n) is 2.98. The number of nitrogens with one attached hydrogen (secondary N) is 1. The summed E-state index contributed by atoms with van der Waals surface area (Å²) in [7, 11) is 0. The number of H-pyrrole nitrogens is 1. The van der Waals surface area contributed by atoms with Crippen molar-refractivity contribution in [2.75, 3.05) is 0 Å². The normalized spacial score (nSPS) is 8.94. The van der Waals surface area contributed by atoms with Crippen LogP contribution in [0.5, 0.6) is 0 Å². The van der Waals surface area contributed by atoms with E-state index in [4.69, 9.17) is 25.5 Å². The Labute approximate surface area is 100 Å². The van der Waals surface area contributed by atoms with E-state index in [1.807, 2.05) is 6.92 Å². The topological polar surface area (TPSA) is 155 Å². The van der Waals surface area contributed by atoms with Crippen molar-refractivity contribution in [2.24, 2.45) is 0 Å². The molecule has 1 aromatic rings. The predicted molar refractivity (Wildman–Crippen MR) is 56.7 cm³/mol. The van der Waals surface area contributed by atoms with Crippen LogP contribution in [0, 0.1) is 15.3 Å². The van der Waals surface area contributed by atoms with Gasteiger partial charge in [0, 0.05) is 5.56 Å². The SMILES string of the molecule is CCc1c[nH+]c(C(=O)O)c(C(=O)O)c1.O=[N+]([O-])[O-]. The van der Waals surface area contributed by atoms with Crippen LogP contribution in [-0.2, 0) is 6.42 Å². The molecule has 1 aromatic heterocycles. The van der Waals surface area contributed by atoms with Crippen LogP contribution < -0.4 is 4.98 Å². The maximum absolute atomic E-state index is 10.7. The van der Waals surface area contributed by atoms with Gasteiger partial charge >= 0.3 is 17.6 Å². The Morgan fingerprint density at radius 2 is 1.83 bits per heavy atom. The van der Waals surface area contributed by atoms with E-state index in [1.54, 1.807) is 0 Å². The van der Waals surface area contributed by atoms with Crippen molar-refractivity contribution in [3.63, 3.8) is 0 Å². The molecule has 0 amide bonds. The van der Waals surface area contributed by atoms with Crippen LogP contribution >= 0.6 is 0 Å². The van der Waals surface area contributed by atoms with Gasteiger partial charge < -0.3 is 25.5 Å². The van der Waals surface area contributed by atoms with Gasteiger partial charge in [0.25, 0.3) is 0 Å². The molecule has 0 saturated carbocycles. The second-order valence-corrected chi connectivity index (χ2v) is 2.98. The first kappa shape index (κ1) is 15.3. The molecule has 0 aliphatic heterocycles. The number of pyridine rings is 1. The Morgan fingerprint density at radius 3 is 2.17 bits per heavy atom. The van der Waals surface area contributed by atoms with E-state index in [9.17, 15) is 9.59 Å². The fourth-order valence-corrected chi connectivity index (χ4v) is 1.09. The molecule has 18 heavy (non-hydrogen) atoms. The highest BCUT2D eigenvalue weighted by molar-refractivity contribution is 5.99. The van der Waals surface area contributed by atoms with Crippen LogP contribution in [0.3, 0.4) is 0 Å². The summed E-state index contributed by atoms with van der Waals surface area (Å²) in [4.78, 5) is 32.0. The maximum Gasteiger partial charge on any atom is 0.402 e. The first-order valence-electron chi connectivity index (χ1n) is 4.62. The molecule has 0 saturated heterocycles. The Kier molecular flexibility index (Phi) is 5.76. The van der Waals surface area contributed by atoms with Gasteiger partial charge in [-0.05, 0) is 12.5 Å². The average molecular weight is 258 g/mol. The Bertz CT molecular complexity index is 468. The summed E-state index contributed by atoms with van der Waals surface area (Å²) in [6, 6.07) is 1.36. The fourth-order valence-electron chi connectivity index (χ4n) is 1.09. The molecule has 0 radical (unpaired) electrons. The lowest BCUT2D eigenvalue weighted by molar-refractivity contribution is -0.402. The number of aromatic amines is 1. The van der Waals surface area contributed by atoms with Crippen molar-refractivity contribution in [1.29, 1.82) is 0 Å². The number of aryl methyl sites for hydroxylation is 1. The highest BCUT2D eigenvalue weighted by Crippen LogP contribution is 2.06. The highest BCUT2D eigenvalue weighted by atomic mass is 16.9. The van der Waals surface area contributed by atoms with Gasteiger partial charge in [0.1, 0.15) is 5.56 Å². The molecule has 98 valence electrons. The lowest BCUT2D eigenvalue weighted by Gasteiger charge is -1.97. The summed E-state index contributed by atoms with van der Waals surface area (Å²) in [5.41, 5.74) is 0.249. The molecule has 1 heterocycles. The molecule has 0 aliphatic rings. The number of nitrogens with zero attached hydrogens (tertiary/aromatic N) is 1. The summed E-state index contributed by atoms with van der Waals surface area (Å²) >= 11 is 0. The minimum absolute atomic E-state index is 0.211. The third-order valence-electron chi connectivity index (χ3n) is 1.85. The van der Waals surface area contributed by atoms with Crippen LogP contribution in [0.15, 0.2) is 12.3 Å². The van der Waals surface area contributed by atoms with Gasteiger partial charge in [0.05, 0.1) is 5.09 Å². The Hall–Kier alpha value is -2.71. The van der Waals surface area contributed by atoms with Crippen molar-refractivity contribution in [3.05, 3.63) is 44.4 Å². The number of aromatic carboxylic acids is 2. The van der Waals surface area contributed by atoms with E-state index in [-0.39, 0.29) is 11.3 Å². The average Bonchev–Trinajstić information content (AvgIpc) is 2.27. The third-order valence-corrected chi connectivity index (χ3v) is 1.85. The number of rotatable bonds is 3. The molecular formula is C9H10N2O7.